The van der Waals surface area contributed by atoms with Crippen LogP contribution in [0.2, 0.25) is 10.0 Å². The molecule has 0 fully saturated rings. The van der Waals surface area contributed by atoms with Crippen LogP contribution in [0.3, 0.4) is 0 Å². The van der Waals surface area contributed by atoms with Crippen LogP contribution < -0.4 is 11.1 Å². The zero-order valence-corrected chi connectivity index (χ0v) is 11.0. The van der Waals surface area contributed by atoms with E-state index in [0.29, 0.717) is 17.2 Å². The van der Waals surface area contributed by atoms with Gasteiger partial charge in [-0.3, -0.25) is 0 Å². The van der Waals surface area contributed by atoms with Crippen molar-refractivity contribution in [2.45, 2.75) is 6.92 Å². The summed E-state index contributed by atoms with van der Waals surface area (Å²) < 4.78 is 13.0. The Morgan fingerprint density at radius 3 is 2.39 bits per heavy atom. The SMILES string of the molecule is Cc1cnc(Nc2c(Cl)cc(F)cc2Cl)c(N)c1. The van der Waals surface area contributed by atoms with Gasteiger partial charge in [0.1, 0.15) is 5.82 Å². The molecule has 0 aliphatic carbocycles. The molecule has 3 nitrogen and oxygen atoms in total. The minimum Gasteiger partial charge on any atom is -0.396 e. The summed E-state index contributed by atoms with van der Waals surface area (Å²) in [5, 5.41) is 3.23. The van der Waals surface area contributed by atoms with Gasteiger partial charge in [0.25, 0.3) is 0 Å². The Hall–Kier alpha value is -1.52. The van der Waals surface area contributed by atoms with Gasteiger partial charge in [0.05, 0.1) is 21.4 Å². The number of anilines is 3. The number of nitrogen functional groups attached to an aromatic ring is 1. The van der Waals surface area contributed by atoms with E-state index in [1.165, 1.54) is 12.1 Å². The number of hydrogen-bond acceptors (Lipinski definition) is 3. The van der Waals surface area contributed by atoms with Crippen LogP contribution in [-0.2, 0) is 0 Å². The Balaban J connectivity index is 2.40. The van der Waals surface area contributed by atoms with E-state index in [1.807, 2.05) is 6.92 Å². The molecule has 6 heteroatoms. The van der Waals surface area contributed by atoms with Crippen molar-refractivity contribution in [3.8, 4) is 0 Å². The predicted octanol–water partition coefficient (Wildman–Crippen LogP) is 4.16. The second-order valence-corrected chi connectivity index (χ2v) is 4.63. The fourth-order valence-electron chi connectivity index (χ4n) is 1.48. The van der Waals surface area contributed by atoms with Gasteiger partial charge in [0, 0.05) is 6.20 Å². The average Bonchev–Trinajstić information content (AvgIpc) is 2.25. The molecule has 0 bridgehead atoms. The summed E-state index contributed by atoms with van der Waals surface area (Å²) in [5.41, 5.74) is 7.60. The fourth-order valence-corrected chi connectivity index (χ4v) is 2.03. The molecule has 94 valence electrons. The second-order valence-electron chi connectivity index (χ2n) is 3.82. The Morgan fingerprint density at radius 1 is 1.22 bits per heavy atom. The summed E-state index contributed by atoms with van der Waals surface area (Å²) in [6.07, 6.45) is 1.66. The van der Waals surface area contributed by atoms with Crippen LogP contribution in [0, 0.1) is 12.7 Å². The first-order valence-electron chi connectivity index (χ1n) is 5.11. The van der Waals surface area contributed by atoms with Gasteiger partial charge in [-0.15, -0.1) is 0 Å². The summed E-state index contributed by atoms with van der Waals surface area (Å²) in [6.45, 7) is 1.88. The maximum atomic E-state index is 13.0. The van der Waals surface area contributed by atoms with Crippen molar-refractivity contribution < 1.29 is 4.39 Å². The lowest BCUT2D eigenvalue weighted by molar-refractivity contribution is 0.628. The molecule has 18 heavy (non-hydrogen) atoms. The van der Waals surface area contributed by atoms with E-state index in [0.717, 1.165) is 5.56 Å². The molecule has 0 atom stereocenters. The molecule has 1 aromatic heterocycles. The topological polar surface area (TPSA) is 50.9 Å². The van der Waals surface area contributed by atoms with Crippen molar-refractivity contribution in [3.63, 3.8) is 0 Å². The van der Waals surface area contributed by atoms with Gasteiger partial charge >= 0.3 is 0 Å². The molecule has 2 aromatic rings. The van der Waals surface area contributed by atoms with Gasteiger partial charge < -0.3 is 11.1 Å². The molecule has 2 rings (SSSR count). The Labute approximate surface area is 114 Å². The normalized spacial score (nSPS) is 10.4. The number of benzene rings is 1. The number of nitrogens with one attached hydrogen (secondary N) is 1. The monoisotopic (exact) mass is 285 g/mol. The van der Waals surface area contributed by atoms with E-state index < -0.39 is 5.82 Å². The van der Waals surface area contributed by atoms with E-state index >= 15 is 0 Å². The highest BCUT2D eigenvalue weighted by atomic mass is 35.5. The molecule has 0 aliphatic heterocycles. The van der Waals surface area contributed by atoms with E-state index in [-0.39, 0.29) is 10.0 Å². The van der Waals surface area contributed by atoms with Crippen molar-refractivity contribution in [1.29, 1.82) is 0 Å². The summed E-state index contributed by atoms with van der Waals surface area (Å²) in [7, 11) is 0. The third-order valence-corrected chi connectivity index (χ3v) is 2.90. The average molecular weight is 286 g/mol. The summed E-state index contributed by atoms with van der Waals surface area (Å²) in [6, 6.07) is 4.10. The van der Waals surface area contributed by atoms with Crippen molar-refractivity contribution in [2.24, 2.45) is 0 Å². The first kappa shape index (κ1) is 12.9. The zero-order chi connectivity index (χ0) is 13.3. The lowest BCUT2D eigenvalue weighted by atomic mass is 10.2. The van der Waals surface area contributed by atoms with Crippen LogP contribution in [0.15, 0.2) is 24.4 Å². The lowest BCUT2D eigenvalue weighted by Crippen LogP contribution is -2.01. The summed E-state index contributed by atoms with van der Waals surface area (Å²) >= 11 is 11.8. The lowest BCUT2D eigenvalue weighted by Gasteiger charge is -2.12. The number of aromatic nitrogens is 1. The van der Waals surface area contributed by atoms with Crippen LogP contribution >= 0.6 is 23.2 Å². The molecular weight excluding hydrogens is 276 g/mol. The number of nitrogens with zero attached hydrogens (tertiary/aromatic N) is 1. The molecule has 3 N–H and O–H groups in total. The molecule has 1 aromatic carbocycles. The van der Waals surface area contributed by atoms with Gasteiger partial charge in [0.2, 0.25) is 0 Å². The van der Waals surface area contributed by atoms with Crippen LogP contribution in [-0.4, -0.2) is 4.98 Å². The van der Waals surface area contributed by atoms with Crippen molar-refractivity contribution >= 4 is 40.4 Å². The van der Waals surface area contributed by atoms with E-state index in [4.69, 9.17) is 28.9 Å². The van der Waals surface area contributed by atoms with Crippen LogP contribution in [0.25, 0.3) is 0 Å². The number of halogens is 3. The molecule has 0 spiro atoms. The van der Waals surface area contributed by atoms with Crippen molar-refractivity contribution in [2.75, 3.05) is 11.1 Å². The fraction of sp³-hybridized carbons (Fsp3) is 0.0833. The quantitative estimate of drug-likeness (QED) is 0.871. The van der Waals surface area contributed by atoms with Gasteiger partial charge in [-0.1, -0.05) is 23.2 Å². The Bertz CT molecular complexity index is 579. The molecule has 0 saturated carbocycles. The Morgan fingerprint density at radius 2 is 1.83 bits per heavy atom. The highest BCUT2D eigenvalue weighted by Gasteiger charge is 2.10. The van der Waals surface area contributed by atoms with Gasteiger partial charge in [-0.05, 0) is 30.7 Å². The maximum Gasteiger partial charge on any atom is 0.153 e. The predicted molar refractivity (Wildman–Crippen MR) is 73.1 cm³/mol. The van der Waals surface area contributed by atoms with Gasteiger partial charge in [-0.2, -0.15) is 0 Å². The molecule has 1 heterocycles. The molecule has 0 unspecified atom stereocenters. The number of pyridine rings is 1. The first-order valence-corrected chi connectivity index (χ1v) is 5.86. The molecule has 0 aliphatic rings. The zero-order valence-electron chi connectivity index (χ0n) is 9.47. The number of rotatable bonds is 2. The van der Waals surface area contributed by atoms with Gasteiger partial charge in [0.15, 0.2) is 5.82 Å². The van der Waals surface area contributed by atoms with Crippen molar-refractivity contribution in [3.05, 3.63) is 45.8 Å². The smallest absolute Gasteiger partial charge is 0.153 e. The molecular formula is C12H10Cl2FN3. The number of hydrogen-bond donors (Lipinski definition) is 2. The minimum atomic E-state index is -0.500. The highest BCUT2D eigenvalue weighted by Crippen LogP contribution is 2.34. The van der Waals surface area contributed by atoms with Crippen LogP contribution in [0.1, 0.15) is 5.56 Å². The number of aryl methyl sites for hydroxylation is 1. The number of nitrogens with two attached hydrogens (primary N) is 1. The van der Waals surface area contributed by atoms with Crippen LogP contribution in [0.4, 0.5) is 21.6 Å². The van der Waals surface area contributed by atoms with Crippen LogP contribution in [0.5, 0.6) is 0 Å². The van der Waals surface area contributed by atoms with E-state index in [2.05, 4.69) is 10.3 Å². The standard InChI is InChI=1S/C12H10Cl2FN3/c1-6-2-10(16)12(17-5-6)18-11-8(13)3-7(15)4-9(11)14/h2-5H,16H2,1H3,(H,17,18). The second kappa shape index (κ2) is 5.00. The molecule has 0 amide bonds. The third kappa shape index (κ3) is 2.66. The summed E-state index contributed by atoms with van der Waals surface area (Å²) in [4.78, 5) is 4.13. The van der Waals surface area contributed by atoms with Crippen molar-refractivity contribution in [1.82, 2.24) is 4.98 Å². The van der Waals surface area contributed by atoms with E-state index in [1.54, 1.807) is 12.3 Å². The third-order valence-electron chi connectivity index (χ3n) is 2.30. The molecule has 0 radical (unpaired) electrons. The molecule has 0 saturated heterocycles. The van der Waals surface area contributed by atoms with E-state index in [9.17, 15) is 4.39 Å². The highest BCUT2D eigenvalue weighted by molar-refractivity contribution is 6.39. The maximum absolute atomic E-state index is 13.0. The first-order chi connectivity index (χ1) is 8.47. The van der Waals surface area contributed by atoms with Gasteiger partial charge in [-0.25, -0.2) is 9.37 Å². The summed E-state index contributed by atoms with van der Waals surface area (Å²) in [5.74, 6) is -0.0728. The minimum absolute atomic E-state index is 0.168. The Kier molecular flexibility index (Phi) is 3.59. The largest absolute Gasteiger partial charge is 0.396 e.